The van der Waals surface area contributed by atoms with Gasteiger partial charge in [0, 0.05) is 38.1 Å². The number of benzene rings is 3. The smallest absolute Gasteiger partial charge is 0.246 e. The van der Waals surface area contributed by atoms with Crippen molar-refractivity contribution in [3.8, 4) is 5.75 Å². The molecule has 0 radical (unpaired) electrons. The SMILES string of the molecule is COc1ccc(C[C@H](NC(=O)[C@H](N)Cc2ccccc2)C(=O)N[C@@H](Cc2ccccc2)C(=O)N[C@@H](CCC(N)=O)C(=O)N[C@@H](CC(N)=O)C(=O)N[C@@H](CS)C(=O)N2CCC[C@H]2C(=O)N[C@@H](CCCN=C(N)N)C(=O)NCC(N)=O)cc1. The number of carbonyl (C=O) groups excluding carboxylic acids is 11. The molecule has 0 spiro atoms. The molecule has 81 heavy (non-hydrogen) atoms. The summed E-state index contributed by atoms with van der Waals surface area (Å²) in [7, 11) is 1.49. The quantitative estimate of drug-likeness (QED) is 0.0119. The number of thiol groups is 1. The largest absolute Gasteiger partial charge is 0.497 e. The number of carbonyl (C=O) groups is 11. The maximum atomic E-state index is 14.5. The summed E-state index contributed by atoms with van der Waals surface area (Å²) < 4.78 is 5.28. The van der Waals surface area contributed by atoms with Crippen molar-refractivity contribution in [1.29, 1.82) is 0 Å². The molecule has 28 heteroatoms. The van der Waals surface area contributed by atoms with E-state index in [1.54, 1.807) is 78.9 Å². The van der Waals surface area contributed by atoms with Crippen LogP contribution in [0.3, 0.4) is 0 Å². The second-order valence-corrected chi connectivity index (χ2v) is 19.5. The zero-order valence-electron chi connectivity index (χ0n) is 44.8. The second kappa shape index (κ2) is 33.0. The third-order valence-electron chi connectivity index (χ3n) is 12.8. The molecule has 1 fully saturated rings. The van der Waals surface area contributed by atoms with Gasteiger partial charge in [-0.3, -0.25) is 57.7 Å². The predicted octanol–water partition coefficient (Wildman–Crippen LogP) is -4.32. The van der Waals surface area contributed by atoms with Crippen LogP contribution in [-0.2, 0) is 72.0 Å². The molecule has 0 unspecified atom stereocenters. The van der Waals surface area contributed by atoms with Crippen molar-refractivity contribution < 1.29 is 57.5 Å². The van der Waals surface area contributed by atoms with Crippen LogP contribution < -0.4 is 76.4 Å². The maximum Gasteiger partial charge on any atom is 0.246 e. The fourth-order valence-electron chi connectivity index (χ4n) is 8.59. The third-order valence-corrected chi connectivity index (χ3v) is 13.1. The van der Waals surface area contributed by atoms with E-state index in [0.29, 0.717) is 23.3 Å². The number of aliphatic imine (C=N–C) groups is 1. The van der Waals surface area contributed by atoms with E-state index in [1.165, 1.54) is 12.0 Å². The Hall–Kier alpha value is -8.79. The molecule has 0 aromatic heterocycles. The first kappa shape index (κ1) is 64.7. The van der Waals surface area contributed by atoms with E-state index < -0.39 is 139 Å². The number of ether oxygens (including phenoxy) is 1. The van der Waals surface area contributed by atoms with E-state index >= 15 is 0 Å². The molecule has 1 saturated heterocycles. The highest BCUT2D eigenvalue weighted by Gasteiger charge is 2.40. The van der Waals surface area contributed by atoms with Gasteiger partial charge >= 0.3 is 0 Å². The van der Waals surface area contributed by atoms with Crippen LogP contribution in [0.5, 0.6) is 5.75 Å². The van der Waals surface area contributed by atoms with Crippen molar-refractivity contribution in [2.45, 2.75) is 113 Å². The number of hydrogen-bond acceptors (Lipinski definition) is 15. The number of guanidine groups is 1. The van der Waals surface area contributed by atoms with Gasteiger partial charge in [0.15, 0.2) is 5.96 Å². The molecule has 1 heterocycles. The molecule has 1 aliphatic heterocycles. The first-order valence-electron chi connectivity index (χ1n) is 26.0. The standard InChI is InChI=1S/C53H73N15O12S/c1-80-33-18-16-32(17-19-33)26-37(64-45(72)34(54)24-30-10-4-2-5-11-30)49(76)65-38(25-31-12-6-3-7-13-31)48(75)62-36(20-21-42(55)69)47(74)66-39(27-43(56)70)50(77)67-40(29-81)52(79)68-23-9-15-41(68)51(78)63-35(14-8-22-60-53(58)59)46(73)61-28-44(57)71/h2-7,10-13,16-19,34-41,81H,8-9,14-15,20-29,54H2,1H3,(H2,55,69)(H2,56,70)(H2,57,71)(H,61,73)(H,62,75)(H,63,78)(H,64,72)(H,65,76)(H,66,74)(H,67,77)(H4,58,59,60)/t34-,35+,36+,37+,38+,39+,40+,41+/m1/s1. The monoisotopic (exact) mass is 1140 g/mol. The Morgan fingerprint density at radius 1 is 0.593 bits per heavy atom. The number of primary amides is 3. The summed E-state index contributed by atoms with van der Waals surface area (Å²) in [6.07, 6.45) is -1.10. The summed E-state index contributed by atoms with van der Waals surface area (Å²) in [6.45, 7) is -0.377. The van der Waals surface area contributed by atoms with Gasteiger partial charge in [-0.2, -0.15) is 12.6 Å². The van der Waals surface area contributed by atoms with Crippen molar-refractivity contribution in [2.24, 2.45) is 39.4 Å². The highest BCUT2D eigenvalue weighted by Crippen LogP contribution is 2.20. The Balaban J connectivity index is 1.55. The molecule has 0 saturated carbocycles. The van der Waals surface area contributed by atoms with Gasteiger partial charge < -0.3 is 81.3 Å². The second-order valence-electron chi connectivity index (χ2n) is 19.1. The van der Waals surface area contributed by atoms with Crippen LogP contribution in [0.15, 0.2) is 89.9 Å². The number of methoxy groups -OCH3 is 1. The maximum absolute atomic E-state index is 14.5. The number of nitrogens with two attached hydrogens (primary N) is 6. The van der Waals surface area contributed by atoms with Gasteiger partial charge in [0.1, 0.15) is 48.0 Å². The zero-order chi connectivity index (χ0) is 59.6. The number of hydrogen-bond donors (Lipinski definition) is 14. The van der Waals surface area contributed by atoms with E-state index in [9.17, 15) is 52.7 Å². The van der Waals surface area contributed by atoms with Crippen molar-refractivity contribution in [3.05, 3.63) is 102 Å². The summed E-state index contributed by atoms with van der Waals surface area (Å²) in [4.78, 5) is 153. The molecule has 4 rings (SSSR count). The summed E-state index contributed by atoms with van der Waals surface area (Å²) in [5, 5.41) is 17.7. The van der Waals surface area contributed by atoms with Crippen LogP contribution in [0.4, 0.5) is 0 Å². The molecular formula is C53H73N15O12S. The number of nitrogens with zero attached hydrogens (tertiary/aromatic N) is 2. The Morgan fingerprint density at radius 3 is 1.64 bits per heavy atom. The number of rotatable bonds is 33. The zero-order valence-corrected chi connectivity index (χ0v) is 45.7. The first-order chi connectivity index (χ1) is 38.6. The summed E-state index contributed by atoms with van der Waals surface area (Å²) in [5.41, 5.74) is 35.2. The highest BCUT2D eigenvalue weighted by molar-refractivity contribution is 7.80. The van der Waals surface area contributed by atoms with Crippen molar-refractivity contribution >= 4 is 83.6 Å². The van der Waals surface area contributed by atoms with E-state index in [4.69, 9.17) is 39.1 Å². The lowest BCUT2D eigenvalue weighted by atomic mass is 10.0. The van der Waals surface area contributed by atoms with E-state index in [0.717, 1.165) is 5.56 Å². The number of likely N-dealkylation sites (tertiary alicyclic amines) is 1. The molecule has 27 nitrogen and oxygen atoms in total. The summed E-state index contributed by atoms with van der Waals surface area (Å²) in [6, 6.07) is 13.1. The van der Waals surface area contributed by atoms with Crippen molar-refractivity contribution in [2.75, 3.05) is 32.5 Å². The molecule has 0 bridgehead atoms. The van der Waals surface area contributed by atoms with Crippen LogP contribution in [0.2, 0.25) is 0 Å². The van der Waals surface area contributed by atoms with Gasteiger partial charge in [-0.15, -0.1) is 0 Å². The minimum absolute atomic E-state index is 0.0213. The van der Waals surface area contributed by atoms with E-state index in [1.807, 2.05) is 6.07 Å². The lowest BCUT2D eigenvalue weighted by Crippen LogP contribution is -2.61. The molecule has 3 aromatic carbocycles. The van der Waals surface area contributed by atoms with Gasteiger partial charge in [-0.05, 0) is 67.3 Å². The number of nitrogens with one attached hydrogen (secondary N) is 7. The molecule has 19 N–H and O–H groups in total. The van der Waals surface area contributed by atoms with Crippen LogP contribution in [0, 0.1) is 0 Å². The van der Waals surface area contributed by atoms with Crippen molar-refractivity contribution in [3.63, 3.8) is 0 Å². The van der Waals surface area contributed by atoms with Crippen molar-refractivity contribution in [1.82, 2.24) is 42.1 Å². The Bertz CT molecular complexity index is 2700. The minimum Gasteiger partial charge on any atom is -0.497 e. The van der Waals surface area contributed by atoms with E-state index in [-0.39, 0.29) is 63.3 Å². The fraction of sp³-hybridized carbons (Fsp3) is 0.434. The highest BCUT2D eigenvalue weighted by atomic mass is 32.1. The fourth-order valence-corrected chi connectivity index (χ4v) is 8.83. The van der Waals surface area contributed by atoms with Gasteiger partial charge in [-0.25, -0.2) is 0 Å². The van der Waals surface area contributed by atoms with Gasteiger partial charge in [0.2, 0.25) is 65.0 Å². The van der Waals surface area contributed by atoms with Gasteiger partial charge in [-0.1, -0.05) is 72.8 Å². The topological polar surface area (TPSA) is 453 Å². The number of amides is 11. The lowest BCUT2D eigenvalue weighted by Gasteiger charge is -2.30. The van der Waals surface area contributed by atoms with E-state index in [2.05, 4.69) is 54.8 Å². The third kappa shape index (κ3) is 22.1. The molecule has 8 atom stereocenters. The minimum atomic E-state index is -1.80. The molecular weight excluding hydrogens is 1070 g/mol. The summed E-state index contributed by atoms with van der Waals surface area (Å²) >= 11 is 4.27. The van der Waals surface area contributed by atoms with Gasteiger partial charge in [0.25, 0.3) is 0 Å². The molecule has 438 valence electrons. The first-order valence-corrected chi connectivity index (χ1v) is 26.6. The Kier molecular flexibility index (Phi) is 26.3. The van der Waals surface area contributed by atoms with Crippen LogP contribution in [-0.4, -0.2) is 157 Å². The lowest BCUT2D eigenvalue weighted by molar-refractivity contribution is -0.142. The average Bonchev–Trinajstić information content (AvgIpc) is 3.95. The molecule has 0 aliphatic carbocycles. The van der Waals surface area contributed by atoms with Crippen LogP contribution in [0.25, 0.3) is 0 Å². The average molecular weight is 1140 g/mol. The predicted molar refractivity (Wildman–Crippen MR) is 299 cm³/mol. The van der Waals surface area contributed by atoms with Crippen LogP contribution in [0.1, 0.15) is 61.6 Å². The normalized spacial score (nSPS) is 15.3. The Morgan fingerprint density at radius 2 is 1.10 bits per heavy atom. The van der Waals surface area contributed by atoms with Gasteiger partial charge in [0.05, 0.1) is 26.1 Å². The molecule has 1 aliphatic rings. The molecule has 3 aromatic rings. The molecule has 11 amide bonds. The summed E-state index contributed by atoms with van der Waals surface area (Å²) in [5.74, 6) is -9.70. The Labute approximate surface area is 473 Å². The van der Waals surface area contributed by atoms with Crippen LogP contribution >= 0.6 is 12.6 Å².